The summed E-state index contributed by atoms with van der Waals surface area (Å²) in [6.45, 7) is 0. The van der Waals surface area contributed by atoms with Crippen LogP contribution in [-0.2, 0) is 12.4 Å². The molecule has 0 saturated heterocycles. The summed E-state index contributed by atoms with van der Waals surface area (Å²) in [6, 6.07) is -2.48. The fourth-order valence-corrected chi connectivity index (χ4v) is 1.68. The van der Waals surface area contributed by atoms with E-state index >= 15 is 0 Å². The van der Waals surface area contributed by atoms with Crippen molar-refractivity contribution in [2.24, 2.45) is 5.73 Å². The third kappa shape index (κ3) is 6.02. The van der Waals surface area contributed by atoms with Gasteiger partial charge in [-0.1, -0.05) is 0 Å². The fraction of sp³-hybridized carbons (Fsp3) is 0.500. The number of nitrogens with two attached hydrogens (primary N) is 1. The molecule has 0 fully saturated rings. The molecule has 1 rings (SSSR count). The second kappa shape index (κ2) is 7.36. The van der Waals surface area contributed by atoms with Gasteiger partial charge in [-0.25, -0.2) is 0 Å². The van der Waals surface area contributed by atoms with Crippen LogP contribution in [0.25, 0.3) is 0 Å². The summed E-state index contributed by atoms with van der Waals surface area (Å²) >= 11 is 0. The van der Waals surface area contributed by atoms with Crippen molar-refractivity contribution in [1.82, 2.24) is 0 Å². The lowest BCUT2D eigenvalue weighted by Gasteiger charge is -2.21. The molecule has 24 heavy (non-hydrogen) atoms. The van der Waals surface area contributed by atoms with Crippen LogP contribution in [0.3, 0.4) is 0 Å². The smallest absolute Gasteiger partial charge is 0.388 e. The molecule has 3 N–H and O–H groups in total. The van der Waals surface area contributed by atoms with E-state index in [0.717, 1.165) is 0 Å². The van der Waals surface area contributed by atoms with Crippen molar-refractivity contribution in [3.8, 4) is 0 Å². The van der Waals surface area contributed by atoms with Crippen LogP contribution in [0.15, 0.2) is 18.2 Å². The molecule has 0 aliphatic heterocycles. The Morgan fingerprint density at radius 2 is 1.21 bits per heavy atom. The Balaban J connectivity index is 0.00000529. The zero-order valence-corrected chi connectivity index (χ0v) is 12.2. The van der Waals surface area contributed by atoms with Gasteiger partial charge in [-0.05, 0) is 23.8 Å². The Morgan fingerprint density at radius 1 is 0.833 bits per heavy atom. The lowest BCUT2D eigenvalue weighted by Crippen LogP contribution is -2.38. The minimum atomic E-state index is -5.16. The molecule has 0 radical (unpaired) electrons. The van der Waals surface area contributed by atoms with Crippen LogP contribution in [0.5, 0.6) is 0 Å². The molecule has 0 spiro atoms. The lowest BCUT2D eigenvalue weighted by molar-refractivity contribution is -0.154. The zero-order valence-electron chi connectivity index (χ0n) is 11.4. The van der Waals surface area contributed by atoms with Gasteiger partial charge in [0.15, 0.2) is 0 Å². The van der Waals surface area contributed by atoms with Gasteiger partial charge in [0, 0.05) is 6.42 Å². The molecular formula is C12H11ClF9NO. The first kappa shape index (κ1) is 22.8. The van der Waals surface area contributed by atoms with Crippen LogP contribution in [0.1, 0.15) is 29.2 Å². The van der Waals surface area contributed by atoms with Crippen LogP contribution < -0.4 is 5.73 Å². The van der Waals surface area contributed by atoms with Gasteiger partial charge in [-0.2, -0.15) is 39.5 Å². The van der Waals surface area contributed by atoms with E-state index in [-0.39, 0.29) is 30.6 Å². The van der Waals surface area contributed by atoms with E-state index in [0.29, 0.717) is 0 Å². The van der Waals surface area contributed by atoms with Crippen molar-refractivity contribution < 1.29 is 44.6 Å². The molecule has 2 atom stereocenters. The summed E-state index contributed by atoms with van der Waals surface area (Å²) in [5, 5.41) is 9.52. The molecule has 12 heteroatoms. The van der Waals surface area contributed by atoms with Crippen molar-refractivity contribution in [3.05, 3.63) is 34.9 Å². The van der Waals surface area contributed by atoms with Crippen LogP contribution in [0.4, 0.5) is 39.5 Å². The summed E-state index contributed by atoms with van der Waals surface area (Å²) in [5.74, 6) is 0. The minimum absolute atomic E-state index is 0. The number of hydrogen-bond donors (Lipinski definition) is 2. The number of benzene rings is 1. The van der Waals surface area contributed by atoms with Gasteiger partial charge in [0.2, 0.25) is 0 Å². The van der Waals surface area contributed by atoms with E-state index in [4.69, 9.17) is 5.73 Å². The van der Waals surface area contributed by atoms with Gasteiger partial charge in [-0.15, -0.1) is 12.4 Å². The predicted octanol–water partition coefficient (Wildman–Crippen LogP) is 4.46. The summed E-state index contributed by atoms with van der Waals surface area (Å²) in [5.41, 5.74) is 0.287. The number of hydrogen-bond acceptors (Lipinski definition) is 2. The van der Waals surface area contributed by atoms with Gasteiger partial charge in [0.25, 0.3) is 0 Å². The summed E-state index contributed by atoms with van der Waals surface area (Å²) in [4.78, 5) is 0. The average Bonchev–Trinajstić information content (AvgIpc) is 2.34. The normalized spacial score (nSPS) is 15.6. The number of halogens is 10. The van der Waals surface area contributed by atoms with Crippen molar-refractivity contribution in [1.29, 1.82) is 0 Å². The van der Waals surface area contributed by atoms with E-state index in [1.165, 1.54) is 0 Å². The Bertz CT molecular complexity index is 521. The van der Waals surface area contributed by atoms with Crippen molar-refractivity contribution >= 4 is 12.4 Å². The molecule has 0 aliphatic rings. The van der Waals surface area contributed by atoms with Crippen molar-refractivity contribution in [3.63, 3.8) is 0 Å². The Hall–Kier alpha value is -1.20. The zero-order chi connectivity index (χ0) is 18.2. The summed E-state index contributed by atoms with van der Waals surface area (Å²) in [7, 11) is 0. The van der Waals surface area contributed by atoms with E-state index < -0.39 is 53.8 Å². The number of alkyl halides is 9. The van der Waals surface area contributed by atoms with Crippen molar-refractivity contribution in [2.75, 3.05) is 0 Å². The van der Waals surface area contributed by atoms with Gasteiger partial charge < -0.3 is 10.8 Å². The highest BCUT2D eigenvalue weighted by molar-refractivity contribution is 5.85. The maximum Gasteiger partial charge on any atom is 0.416 e. The van der Waals surface area contributed by atoms with Crippen LogP contribution >= 0.6 is 12.4 Å². The maximum atomic E-state index is 12.6. The molecule has 1 aromatic carbocycles. The van der Waals surface area contributed by atoms with E-state index in [1.54, 1.807) is 0 Å². The molecule has 0 aromatic heterocycles. The number of aliphatic hydroxyl groups is 1. The maximum absolute atomic E-state index is 12.6. The van der Waals surface area contributed by atoms with Crippen LogP contribution in [0.2, 0.25) is 0 Å². The fourth-order valence-electron chi connectivity index (χ4n) is 1.68. The molecule has 0 saturated carbocycles. The highest BCUT2D eigenvalue weighted by Gasteiger charge is 2.40. The Kier molecular flexibility index (Phi) is 6.99. The Morgan fingerprint density at radius 3 is 1.50 bits per heavy atom. The van der Waals surface area contributed by atoms with Gasteiger partial charge >= 0.3 is 18.5 Å². The van der Waals surface area contributed by atoms with Gasteiger partial charge in [-0.3, -0.25) is 0 Å². The minimum Gasteiger partial charge on any atom is -0.388 e. The second-order valence-corrected chi connectivity index (χ2v) is 4.74. The van der Waals surface area contributed by atoms with E-state index in [9.17, 15) is 44.6 Å². The first-order valence-corrected chi connectivity index (χ1v) is 5.92. The first-order valence-electron chi connectivity index (χ1n) is 5.92. The average molecular weight is 392 g/mol. The molecule has 0 bridgehead atoms. The third-order valence-corrected chi connectivity index (χ3v) is 2.89. The number of aliphatic hydroxyl groups excluding tert-OH is 1. The summed E-state index contributed by atoms with van der Waals surface area (Å²) < 4.78 is 112. The quantitative estimate of drug-likeness (QED) is 0.747. The SMILES string of the molecule is Cl.N[C@H](C[C@H](O)c1cc(C(F)(F)F)cc(C(F)(F)F)c1)C(F)(F)F. The topological polar surface area (TPSA) is 46.2 Å². The molecule has 0 amide bonds. The highest BCUT2D eigenvalue weighted by atomic mass is 35.5. The van der Waals surface area contributed by atoms with E-state index in [1.807, 2.05) is 0 Å². The summed E-state index contributed by atoms with van der Waals surface area (Å²) in [6.07, 6.45) is -18.8. The molecule has 0 unspecified atom stereocenters. The highest BCUT2D eigenvalue weighted by Crippen LogP contribution is 2.38. The first-order chi connectivity index (χ1) is 10.1. The molecule has 0 heterocycles. The van der Waals surface area contributed by atoms with E-state index in [2.05, 4.69) is 0 Å². The largest absolute Gasteiger partial charge is 0.416 e. The molecule has 2 nitrogen and oxygen atoms in total. The molecule has 1 aromatic rings. The predicted molar refractivity (Wildman–Crippen MR) is 67.3 cm³/mol. The van der Waals surface area contributed by atoms with Crippen LogP contribution in [0, 0.1) is 0 Å². The molecule has 0 aliphatic carbocycles. The Labute approximate surface area is 135 Å². The standard InChI is InChI=1S/C12H10F9NO.ClH/c13-10(14,15)6-1-5(2-7(3-6)11(16,17)18)8(23)4-9(22)12(19,20)21;/h1-3,8-9,23H,4,22H2;1H/t8-,9+;/m0./s1. The molecule has 140 valence electrons. The van der Waals surface area contributed by atoms with Gasteiger partial charge in [0.05, 0.1) is 17.2 Å². The van der Waals surface area contributed by atoms with Crippen molar-refractivity contribution in [2.45, 2.75) is 37.1 Å². The third-order valence-electron chi connectivity index (χ3n) is 2.89. The van der Waals surface area contributed by atoms with Gasteiger partial charge in [0.1, 0.15) is 6.04 Å². The van der Waals surface area contributed by atoms with Crippen LogP contribution in [-0.4, -0.2) is 17.3 Å². The molecular weight excluding hydrogens is 381 g/mol. The monoisotopic (exact) mass is 391 g/mol. The second-order valence-electron chi connectivity index (χ2n) is 4.74. The number of rotatable bonds is 3. The lowest BCUT2D eigenvalue weighted by atomic mass is 9.97.